The molecule has 5 heteroatoms. The molecule has 0 aliphatic rings. The Morgan fingerprint density at radius 2 is 1.69 bits per heavy atom. The van der Waals surface area contributed by atoms with Crippen molar-refractivity contribution in [2.45, 2.75) is 39.8 Å². The SMILES string of the molecule is Cc1ccccc1C(C(C)C)N(C)C(=O)NC(C)c1ccc(F)cc1F. The topological polar surface area (TPSA) is 32.3 Å². The van der Waals surface area contributed by atoms with Crippen LogP contribution in [-0.2, 0) is 0 Å². The molecule has 140 valence electrons. The molecule has 2 unspecified atom stereocenters. The average molecular weight is 360 g/mol. The number of amides is 2. The molecule has 2 atom stereocenters. The van der Waals surface area contributed by atoms with Crippen molar-refractivity contribution in [3.05, 3.63) is 70.8 Å². The van der Waals surface area contributed by atoms with Gasteiger partial charge in [0.05, 0.1) is 12.1 Å². The molecule has 2 amide bonds. The summed E-state index contributed by atoms with van der Waals surface area (Å²) >= 11 is 0. The van der Waals surface area contributed by atoms with Gasteiger partial charge in [0.1, 0.15) is 11.6 Å². The molecule has 0 aromatic heterocycles. The first-order valence-electron chi connectivity index (χ1n) is 8.76. The minimum absolute atomic E-state index is 0.110. The van der Waals surface area contributed by atoms with Crippen LogP contribution in [0.2, 0.25) is 0 Å². The van der Waals surface area contributed by atoms with Crippen molar-refractivity contribution in [1.82, 2.24) is 10.2 Å². The highest BCUT2D eigenvalue weighted by Gasteiger charge is 2.27. The summed E-state index contributed by atoms with van der Waals surface area (Å²) in [5, 5.41) is 2.81. The number of halogens is 2. The van der Waals surface area contributed by atoms with Gasteiger partial charge >= 0.3 is 6.03 Å². The van der Waals surface area contributed by atoms with Gasteiger partial charge in [0.25, 0.3) is 0 Å². The van der Waals surface area contributed by atoms with E-state index in [0.717, 1.165) is 17.2 Å². The van der Waals surface area contributed by atoms with Crippen molar-refractivity contribution in [2.24, 2.45) is 5.92 Å². The highest BCUT2D eigenvalue weighted by atomic mass is 19.1. The van der Waals surface area contributed by atoms with Gasteiger partial charge in [-0.15, -0.1) is 0 Å². The van der Waals surface area contributed by atoms with Gasteiger partial charge in [-0.25, -0.2) is 13.6 Å². The standard InChI is InChI=1S/C21H26F2N2O/c1-13(2)20(17-9-7-6-8-14(17)3)25(5)21(26)24-15(4)18-11-10-16(22)12-19(18)23/h6-13,15,20H,1-5H3,(H,24,26). The lowest BCUT2D eigenvalue weighted by Crippen LogP contribution is -2.42. The molecular formula is C21H26F2N2O. The zero-order valence-electron chi connectivity index (χ0n) is 15.9. The van der Waals surface area contributed by atoms with Crippen LogP contribution in [-0.4, -0.2) is 18.0 Å². The second-order valence-electron chi connectivity index (χ2n) is 6.99. The van der Waals surface area contributed by atoms with E-state index in [-0.39, 0.29) is 23.6 Å². The third-order valence-electron chi connectivity index (χ3n) is 4.65. The molecule has 3 nitrogen and oxygen atoms in total. The largest absolute Gasteiger partial charge is 0.331 e. The van der Waals surface area contributed by atoms with Gasteiger partial charge in [0, 0.05) is 18.7 Å². The van der Waals surface area contributed by atoms with E-state index in [1.165, 1.54) is 12.1 Å². The number of nitrogens with one attached hydrogen (secondary N) is 1. The van der Waals surface area contributed by atoms with Crippen molar-refractivity contribution < 1.29 is 13.6 Å². The predicted molar refractivity (Wildman–Crippen MR) is 99.8 cm³/mol. The zero-order valence-corrected chi connectivity index (χ0v) is 15.9. The maximum Gasteiger partial charge on any atom is 0.318 e. The Morgan fingerprint density at radius 3 is 2.27 bits per heavy atom. The van der Waals surface area contributed by atoms with E-state index in [2.05, 4.69) is 19.2 Å². The van der Waals surface area contributed by atoms with Gasteiger partial charge in [-0.2, -0.15) is 0 Å². The molecular weight excluding hydrogens is 334 g/mol. The van der Waals surface area contributed by atoms with E-state index in [1.807, 2.05) is 31.2 Å². The lowest BCUT2D eigenvalue weighted by Gasteiger charge is -2.33. The van der Waals surface area contributed by atoms with Crippen molar-refractivity contribution in [3.63, 3.8) is 0 Å². The second-order valence-corrected chi connectivity index (χ2v) is 6.99. The van der Waals surface area contributed by atoms with Crippen LogP contribution in [0.25, 0.3) is 0 Å². The van der Waals surface area contributed by atoms with Crippen LogP contribution in [0.5, 0.6) is 0 Å². The van der Waals surface area contributed by atoms with Crippen LogP contribution >= 0.6 is 0 Å². The fourth-order valence-electron chi connectivity index (χ4n) is 3.28. The molecule has 0 saturated heterocycles. The maximum absolute atomic E-state index is 14.0. The van der Waals surface area contributed by atoms with E-state index in [1.54, 1.807) is 18.9 Å². The summed E-state index contributed by atoms with van der Waals surface area (Å²) in [6, 6.07) is 10.4. The Morgan fingerprint density at radius 1 is 1.04 bits per heavy atom. The van der Waals surface area contributed by atoms with Crippen molar-refractivity contribution in [2.75, 3.05) is 7.05 Å². The molecule has 1 N–H and O–H groups in total. The Labute approximate surface area is 154 Å². The van der Waals surface area contributed by atoms with Crippen LogP contribution in [0.3, 0.4) is 0 Å². The summed E-state index contributed by atoms with van der Waals surface area (Å²) in [4.78, 5) is 14.4. The first-order valence-corrected chi connectivity index (χ1v) is 8.76. The van der Waals surface area contributed by atoms with Gasteiger partial charge < -0.3 is 10.2 Å². The number of hydrogen-bond acceptors (Lipinski definition) is 1. The van der Waals surface area contributed by atoms with Crippen molar-refractivity contribution >= 4 is 6.03 Å². The Bertz CT molecular complexity index is 776. The maximum atomic E-state index is 14.0. The minimum Gasteiger partial charge on any atom is -0.331 e. The number of rotatable bonds is 5. The average Bonchev–Trinajstić information content (AvgIpc) is 2.56. The highest BCUT2D eigenvalue weighted by Crippen LogP contribution is 2.30. The normalized spacial score (nSPS) is 13.4. The number of urea groups is 1. The summed E-state index contributed by atoms with van der Waals surface area (Å²) < 4.78 is 27.0. The van der Waals surface area contributed by atoms with Gasteiger partial charge in [0.15, 0.2) is 0 Å². The summed E-state index contributed by atoms with van der Waals surface area (Å²) in [5.74, 6) is -1.11. The van der Waals surface area contributed by atoms with E-state index in [9.17, 15) is 13.6 Å². The molecule has 0 radical (unpaired) electrons. The van der Waals surface area contributed by atoms with Crippen LogP contribution in [0.15, 0.2) is 42.5 Å². The van der Waals surface area contributed by atoms with Crippen LogP contribution < -0.4 is 5.32 Å². The third kappa shape index (κ3) is 4.40. The number of carbonyl (C=O) groups is 1. The monoisotopic (exact) mass is 360 g/mol. The number of nitrogens with zero attached hydrogens (tertiary/aromatic N) is 1. The second kappa shape index (κ2) is 8.30. The molecule has 2 rings (SSSR count). The summed E-state index contributed by atoms with van der Waals surface area (Å²) in [5.41, 5.74) is 2.45. The summed E-state index contributed by atoms with van der Waals surface area (Å²) in [6.45, 7) is 7.82. The van der Waals surface area contributed by atoms with Crippen molar-refractivity contribution in [3.8, 4) is 0 Å². The molecule has 2 aromatic rings. The first kappa shape index (κ1) is 19.9. The lowest BCUT2D eigenvalue weighted by atomic mass is 9.91. The number of aryl methyl sites for hydroxylation is 1. The molecule has 26 heavy (non-hydrogen) atoms. The number of hydrogen-bond donors (Lipinski definition) is 1. The Balaban J connectivity index is 2.20. The summed E-state index contributed by atoms with van der Waals surface area (Å²) in [7, 11) is 1.74. The zero-order chi connectivity index (χ0) is 19.4. The van der Waals surface area contributed by atoms with Crippen LogP contribution in [0.4, 0.5) is 13.6 Å². The third-order valence-corrected chi connectivity index (χ3v) is 4.65. The molecule has 0 saturated carbocycles. The molecule has 0 heterocycles. The first-order chi connectivity index (χ1) is 12.2. The Kier molecular flexibility index (Phi) is 6.35. The fourth-order valence-corrected chi connectivity index (χ4v) is 3.28. The number of carbonyl (C=O) groups excluding carboxylic acids is 1. The van der Waals surface area contributed by atoms with Crippen molar-refractivity contribution in [1.29, 1.82) is 0 Å². The smallest absolute Gasteiger partial charge is 0.318 e. The predicted octanol–water partition coefficient (Wildman–Crippen LogP) is 5.37. The molecule has 0 bridgehead atoms. The van der Waals surface area contributed by atoms with E-state index in [4.69, 9.17) is 0 Å². The van der Waals surface area contributed by atoms with Gasteiger partial charge in [-0.3, -0.25) is 0 Å². The highest BCUT2D eigenvalue weighted by molar-refractivity contribution is 5.75. The Hall–Kier alpha value is -2.43. The van der Waals surface area contributed by atoms with E-state index >= 15 is 0 Å². The lowest BCUT2D eigenvalue weighted by molar-refractivity contribution is 0.170. The van der Waals surface area contributed by atoms with E-state index in [0.29, 0.717) is 0 Å². The van der Waals surface area contributed by atoms with Gasteiger partial charge in [0.2, 0.25) is 0 Å². The van der Waals surface area contributed by atoms with E-state index < -0.39 is 17.7 Å². The molecule has 0 fully saturated rings. The molecule has 0 aliphatic heterocycles. The fraction of sp³-hybridized carbons (Fsp3) is 0.381. The summed E-state index contributed by atoms with van der Waals surface area (Å²) in [6.07, 6.45) is 0. The van der Waals surface area contributed by atoms with Gasteiger partial charge in [-0.1, -0.05) is 44.2 Å². The molecule has 0 aliphatic carbocycles. The molecule has 0 spiro atoms. The molecule has 2 aromatic carbocycles. The van der Waals surface area contributed by atoms with Crippen LogP contribution in [0.1, 0.15) is 49.5 Å². The van der Waals surface area contributed by atoms with Crippen LogP contribution in [0, 0.1) is 24.5 Å². The number of benzene rings is 2. The quantitative estimate of drug-likeness (QED) is 0.763. The van der Waals surface area contributed by atoms with Gasteiger partial charge in [-0.05, 0) is 37.0 Å². The minimum atomic E-state index is -0.667.